The molecule has 1 aromatic rings. The molecule has 0 bridgehead atoms. The third-order valence-electron chi connectivity index (χ3n) is 2.51. The molecule has 1 aromatic heterocycles. The molecule has 0 amide bonds. The van der Waals surface area contributed by atoms with E-state index < -0.39 is 0 Å². The summed E-state index contributed by atoms with van der Waals surface area (Å²) >= 11 is 0. The summed E-state index contributed by atoms with van der Waals surface area (Å²) in [6, 6.07) is 4.34. The summed E-state index contributed by atoms with van der Waals surface area (Å²) in [7, 11) is 4.14. The summed E-state index contributed by atoms with van der Waals surface area (Å²) in [5, 5.41) is 0. The molecule has 0 radical (unpaired) electrons. The topological polar surface area (TPSA) is 16.1 Å². The van der Waals surface area contributed by atoms with Crippen LogP contribution >= 0.6 is 0 Å². The zero-order chi connectivity index (χ0) is 11.6. The van der Waals surface area contributed by atoms with Crippen molar-refractivity contribution in [1.82, 2.24) is 4.98 Å². The van der Waals surface area contributed by atoms with E-state index in [2.05, 4.69) is 63.8 Å². The van der Waals surface area contributed by atoms with E-state index in [1.807, 2.05) is 0 Å². The Morgan fingerprint density at radius 3 is 2.20 bits per heavy atom. The van der Waals surface area contributed by atoms with Crippen molar-refractivity contribution in [3.05, 3.63) is 23.5 Å². The maximum absolute atomic E-state index is 4.68. The average molecular weight is 206 g/mol. The van der Waals surface area contributed by atoms with Gasteiger partial charge < -0.3 is 4.90 Å². The summed E-state index contributed by atoms with van der Waals surface area (Å²) in [5.41, 5.74) is 3.71. The van der Waals surface area contributed by atoms with Gasteiger partial charge in [0.05, 0.1) is 0 Å². The monoisotopic (exact) mass is 206 g/mol. The molecule has 0 aliphatic heterocycles. The maximum atomic E-state index is 4.68. The first-order chi connectivity index (χ1) is 6.84. The Labute approximate surface area is 93.3 Å². The lowest BCUT2D eigenvalue weighted by Crippen LogP contribution is -2.17. The fourth-order valence-corrected chi connectivity index (χ4v) is 1.40. The molecule has 0 aliphatic rings. The van der Waals surface area contributed by atoms with Crippen LogP contribution in [0.25, 0.3) is 0 Å². The molecule has 0 aromatic carbocycles. The van der Waals surface area contributed by atoms with Gasteiger partial charge in [0, 0.05) is 36.6 Å². The molecule has 0 saturated carbocycles. The SMILES string of the molecule is CCc1cc(N(C)C)cc(C(C)(C)C)n1. The first-order valence-corrected chi connectivity index (χ1v) is 5.53. The Hall–Kier alpha value is -1.05. The molecule has 0 N–H and O–H groups in total. The van der Waals surface area contributed by atoms with Crippen molar-refractivity contribution >= 4 is 5.69 Å². The smallest absolute Gasteiger partial charge is 0.0480 e. The molecular formula is C13H22N2. The Kier molecular flexibility index (Phi) is 3.38. The van der Waals surface area contributed by atoms with Gasteiger partial charge >= 0.3 is 0 Å². The highest BCUT2D eigenvalue weighted by molar-refractivity contribution is 5.48. The van der Waals surface area contributed by atoms with Gasteiger partial charge in [0.1, 0.15) is 0 Å². The Balaban J connectivity index is 3.23. The van der Waals surface area contributed by atoms with Gasteiger partial charge in [-0.05, 0) is 18.6 Å². The minimum absolute atomic E-state index is 0.121. The Morgan fingerprint density at radius 1 is 1.20 bits per heavy atom. The quantitative estimate of drug-likeness (QED) is 0.739. The molecule has 0 saturated heterocycles. The van der Waals surface area contributed by atoms with Gasteiger partial charge in [-0.25, -0.2) is 0 Å². The number of hydrogen-bond acceptors (Lipinski definition) is 2. The van der Waals surface area contributed by atoms with E-state index in [-0.39, 0.29) is 5.41 Å². The van der Waals surface area contributed by atoms with Crippen molar-refractivity contribution in [3.63, 3.8) is 0 Å². The molecule has 2 nitrogen and oxygen atoms in total. The summed E-state index contributed by atoms with van der Waals surface area (Å²) in [5.74, 6) is 0. The fourth-order valence-electron chi connectivity index (χ4n) is 1.40. The van der Waals surface area contributed by atoms with Gasteiger partial charge in [-0.2, -0.15) is 0 Å². The number of pyridine rings is 1. The summed E-state index contributed by atoms with van der Waals surface area (Å²) in [6.45, 7) is 8.75. The number of aryl methyl sites for hydroxylation is 1. The van der Waals surface area contributed by atoms with Crippen LogP contribution in [0, 0.1) is 0 Å². The molecule has 0 unspecified atom stereocenters. The van der Waals surface area contributed by atoms with E-state index in [9.17, 15) is 0 Å². The third-order valence-corrected chi connectivity index (χ3v) is 2.51. The highest BCUT2D eigenvalue weighted by Crippen LogP contribution is 2.25. The molecule has 0 aliphatic carbocycles. The second kappa shape index (κ2) is 4.21. The largest absolute Gasteiger partial charge is 0.378 e. The zero-order valence-electron chi connectivity index (χ0n) is 10.8. The minimum Gasteiger partial charge on any atom is -0.378 e. The van der Waals surface area contributed by atoms with E-state index in [0.717, 1.165) is 6.42 Å². The predicted octanol–water partition coefficient (Wildman–Crippen LogP) is 3.01. The zero-order valence-corrected chi connectivity index (χ0v) is 10.8. The van der Waals surface area contributed by atoms with Crippen LogP contribution in [-0.2, 0) is 11.8 Å². The van der Waals surface area contributed by atoms with Gasteiger partial charge in [-0.1, -0.05) is 27.7 Å². The van der Waals surface area contributed by atoms with Crippen LogP contribution in [-0.4, -0.2) is 19.1 Å². The van der Waals surface area contributed by atoms with Crippen molar-refractivity contribution in [2.24, 2.45) is 0 Å². The first-order valence-electron chi connectivity index (χ1n) is 5.53. The molecule has 15 heavy (non-hydrogen) atoms. The van der Waals surface area contributed by atoms with Crippen LogP contribution in [0.3, 0.4) is 0 Å². The van der Waals surface area contributed by atoms with Crippen molar-refractivity contribution < 1.29 is 0 Å². The van der Waals surface area contributed by atoms with Crippen LogP contribution in [0.2, 0.25) is 0 Å². The minimum atomic E-state index is 0.121. The van der Waals surface area contributed by atoms with Crippen LogP contribution in [0.1, 0.15) is 39.1 Å². The van der Waals surface area contributed by atoms with Crippen molar-refractivity contribution in [2.75, 3.05) is 19.0 Å². The molecule has 84 valence electrons. The highest BCUT2D eigenvalue weighted by atomic mass is 15.1. The molecule has 0 spiro atoms. The normalized spacial score (nSPS) is 11.6. The second-order valence-electron chi connectivity index (χ2n) is 5.20. The Bertz CT molecular complexity index is 335. The van der Waals surface area contributed by atoms with Crippen molar-refractivity contribution in [2.45, 2.75) is 39.5 Å². The third kappa shape index (κ3) is 2.95. The Morgan fingerprint density at radius 2 is 1.80 bits per heavy atom. The second-order valence-corrected chi connectivity index (χ2v) is 5.20. The molecule has 0 atom stereocenters. The lowest BCUT2D eigenvalue weighted by Gasteiger charge is -2.22. The van der Waals surface area contributed by atoms with E-state index in [1.165, 1.54) is 17.1 Å². The number of aromatic nitrogens is 1. The van der Waals surface area contributed by atoms with Crippen LogP contribution < -0.4 is 4.90 Å². The summed E-state index contributed by atoms with van der Waals surface area (Å²) in [6.07, 6.45) is 0.991. The number of anilines is 1. The van der Waals surface area contributed by atoms with E-state index in [0.29, 0.717) is 0 Å². The van der Waals surface area contributed by atoms with Gasteiger partial charge in [-0.15, -0.1) is 0 Å². The lowest BCUT2D eigenvalue weighted by molar-refractivity contribution is 0.566. The summed E-state index contributed by atoms with van der Waals surface area (Å²) in [4.78, 5) is 6.81. The predicted molar refractivity (Wildman–Crippen MR) is 66.6 cm³/mol. The molecule has 0 fully saturated rings. The van der Waals surface area contributed by atoms with Gasteiger partial charge in [0.15, 0.2) is 0 Å². The number of rotatable bonds is 2. The fraction of sp³-hybridized carbons (Fsp3) is 0.615. The van der Waals surface area contributed by atoms with Crippen LogP contribution in [0.15, 0.2) is 12.1 Å². The number of nitrogens with zero attached hydrogens (tertiary/aromatic N) is 2. The first kappa shape index (κ1) is 12.0. The van der Waals surface area contributed by atoms with E-state index in [4.69, 9.17) is 0 Å². The summed E-state index contributed by atoms with van der Waals surface area (Å²) < 4.78 is 0. The van der Waals surface area contributed by atoms with Crippen molar-refractivity contribution in [3.8, 4) is 0 Å². The number of hydrogen-bond donors (Lipinski definition) is 0. The molecule has 1 heterocycles. The highest BCUT2D eigenvalue weighted by Gasteiger charge is 2.17. The average Bonchev–Trinajstić information content (AvgIpc) is 2.15. The maximum Gasteiger partial charge on any atom is 0.0480 e. The lowest BCUT2D eigenvalue weighted by atomic mass is 9.91. The molecular weight excluding hydrogens is 184 g/mol. The van der Waals surface area contributed by atoms with Crippen LogP contribution in [0.4, 0.5) is 5.69 Å². The molecule has 2 heteroatoms. The van der Waals surface area contributed by atoms with E-state index in [1.54, 1.807) is 0 Å². The van der Waals surface area contributed by atoms with Gasteiger partial charge in [-0.3, -0.25) is 4.98 Å². The van der Waals surface area contributed by atoms with Crippen molar-refractivity contribution in [1.29, 1.82) is 0 Å². The van der Waals surface area contributed by atoms with Gasteiger partial charge in [0.25, 0.3) is 0 Å². The standard InChI is InChI=1S/C13H22N2/c1-7-10-8-11(15(5)6)9-12(14-10)13(2,3)4/h8-9H,7H2,1-6H3. The van der Waals surface area contributed by atoms with Crippen LogP contribution in [0.5, 0.6) is 0 Å². The van der Waals surface area contributed by atoms with Gasteiger partial charge in [0.2, 0.25) is 0 Å². The molecule has 1 rings (SSSR count). The van der Waals surface area contributed by atoms with E-state index >= 15 is 0 Å².